The number of esters is 1. The molecule has 0 aliphatic rings. The summed E-state index contributed by atoms with van der Waals surface area (Å²) >= 11 is 0. The van der Waals surface area contributed by atoms with Crippen LogP contribution in [0.3, 0.4) is 0 Å². The molecule has 1 rings (SSSR count). The lowest BCUT2D eigenvalue weighted by Crippen LogP contribution is -2.07. The van der Waals surface area contributed by atoms with Gasteiger partial charge in [0.1, 0.15) is 0 Å². The van der Waals surface area contributed by atoms with Crippen molar-refractivity contribution in [3.63, 3.8) is 0 Å². The molecule has 2 nitrogen and oxygen atoms in total. The van der Waals surface area contributed by atoms with Crippen LogP contribution in [-0.2, 0) is 4.74 Å². The van der Waals surface area contributed by atoms with Gasteiger partial charge in [0, 0.05) is 0 Å². The lowest BCUT2D eigenvalue weighted by molar-refractivity contribution is 0.0497. The van der Waals surface area contributed by atoms with Gasteiger partial charge in [-0.2, -0.15) is 0 Å². The molecule has 1 aromatic carbocycles. The molecule has 0 N–H and O–H groups in total. The van der Waals surface area contributed by atoms with E-state index in [1.807, 2.05) is 0 Å². The molecule has 0 fully saturated rings. The van der Waals surface area contributed by atoms with Gasteiger partial charge in [0.15, 0.2) is 11.6 Å². The van der Waals surface area contributed by atoms with Gasteiger partial charge >= 0.3 is 5.97 Å². The zero-order chi connectivity index (χ0) is 14.1. The highest BCUT2D eigenvalue weighted by Gasteiger charge is 2.10. The summed E-state index contributed by atoms with van der Waals surface area (Å²) in [7, 11) is 0. The molecule has 19 heavy (non-hydrogen) atoms. The minimum absolute atomic E-state index is 0.0462. The van der Waals surface area contributed by atoms with Crippen LogP contribution in [-0.4, -0.2) is 12.6 Å². The second-order valence-electron chi connectivity index (χ2n) is 4.53. The van der Waals surface area contributed by atoms with E-state index in [1.165, 1.54) is 25.3 Å². The van der Waals surface area contributed by atoms with Crippen molar-refractivity contribution in [2.24, 2.45) is 0 Å². The number of rotatable bonds is 8. The summed E-state index contributed by atoms with van der Waals surface area (Å²) < 4.78 is 30.6. The molecule has 0 radical (unpaired) electrons. The van der Waals surface area contributed by atoms with Gasteiger partial charge in [-0.1, -0.05) is 39.0 Å². The first-order valence-corrected chi connectivity index (χ1v) is 6.77. The first-order chi connectivity index (χ1) is 9.15. The van der Waals surface area contributed by atoms with Gasteiger partial charge in [-0.3, -0.25) is 0 Å². The number of ether oxygens (including phenoxy) is 1. The highest BCUT2D eigenvalue weighted by molar-refractivity contribution is 5.89. The Bertz CT molecular complexity index is 405. The Labute approximate surface area is 112 Å². The monoisotopic (exact) mass is 270 g/mol. The third-order valence-electron chi connectivity index (χ3n) is 2.89. The van der Waals surface area contributed by atoms with E-state index in [2.05, 4.69) is 6.92 Å². The fraction of sp³-hybridized carbons (Fsp3) is 0.533. The first-order valence-electron chi connectivity index (χ1n) is 6.77. The lowest BCUT2D eigenvalue weighted by Gasteiger charge is -2.05. The van der Waals surface area contributed by atoms with Crippen molar-refractivity contribution >= 4 is 5.97 Å². The number of benzene rings is 1. The Balaban J connectivity index is 2.22. The van der Waals surface area contributed by atoms with E-state index >= 15 is 0 Å². The summed E-state index contributed by atoms with van der Waals surface area (Å²) in [6, 6.07) is 3.01. The fourth-order valence-electron chi connectivity index (χ4n) is 1.75. The molecule has 4 heteroatoms. The Morgan fingerprint density at radius 3 is 2.42 bits per heavy atom. The van der Waals surface area contributed by atoms with Crippen molar-refractivity contribution in [3.05, 3.63) is 35.4 Å². The first kappa shape index (κ1) is 15.6. The van der Waals surface area contributed by atoms with Crippen molar-refractivity contribution in [1.29, 1.82) is 0 Å². The molecule has 0 aromatic heterocycles. The summed E-state index contributed by atoms with van der Waals surface area (Å²) in [5.41, 5.74) is 0.0462. The van der Waals surface area contributed by atoms with Crippen LogP contribution in [0.5, 0.6) is 0 Å². The van der Waals surface area contributed by atoms with Gasteiger partial charge in [-0.05, 0) is 24.6 Å². The van der Waals surface area contributed by atoms with Crippen molar-refractivity contribution < 1.29 is 18.3 Å². The quantitative estimate of drug-likeness (QED) is 0.514. The maximum absolute atomic E-state index is 12.9. The molecule has 0 aliphatic carbocycles. The summed E-state index contributed by atoms with van der Waals surface area (Å²) in [4.78, 5) is 11.5. The van der Waals surface area contributed by atoms with E-state index in [0.717, 1.165) is 31.4 Å². The SMILES string of the molecule is CCCCCCCCOC(=O)c1ccc(F)c(F)c1. The number of carbonyl (C=O) groups excluding carboxylic acids is 1. The average molecular weight is 270 g/mol. The minimum Gasteiger partial charge on any atom is -0.462 e. The summed E-state index contributed by atoms with van der Waals surface area (Å²) in [6.45, 7) is 2.48. The maximum Gasteiger partial charge on any atom is 0.338 e. The maximum atomic E-state index is 12.9. The van der Waals surface area contributed by atoms with E-state index in [4.69, 9.17) is 4.74 Å². The van der Waals surface area contributed by atoms with Gasteiger partial charge in [-0.25, -0.2) is 13.6 Å². The molecule has 0 spiro atoms. The largest absolute Gasteiger partial charge is 0.462 e. The van der Waals surface area contributed by atoms with E-state index < -0.39 is 17.6 Å². The Morgan fingerprint density at radius 1 is 1.05 bits per heavy atom. The van der Waals surface area contributed by atoms with Gasteiger partial charge < -0.3 is 4.74 Å². The number of carbonyl (C=O) groups is 1. The standard InChI is InChI=1S/C15H20F2O2/c1-2-3-4-5-6-7-10-19-15(18)12-8-9-13(16)14(17)11-12/h8-9,11H,2-7,10H2,1H3. The zero-order valence-corrected chi connectivity index (χ0v) is 11.3. The van der Waals surface area contributed by atoms with Crippen molar-refractivity contribution in [1.82, 2.24) is 0 Å². The Hall–Kier alpha value is -1.45. The van der Waals surface area contributed by atoms with Crippen LogP contribution in [0.25, 0.3) is 0 Å². The van der Waals surface area contributed by atoms with Gasteiger partial charge in [0.05, 0.1) is 12.2 Å². The van der Waals surface area contributed by atoms with Gasteiger partial charge in [-0.15, -0.1) is 0 Å². The van der Waals surface area contributed by atoms with Crippen molar-refractivity contribution in [2.45, 2.75) is 45.4 Å². The lowest BCUT2D eigenvalue weighted by atomic mass is 10.1. The minimum atomic E-state index is -1.03. The van der Waals surface area contributed by atoms with Gasteiger partial charge in [0.2, 0.25) is 0 Å². The third-order valence-corrected chi connectivity index (χ3v) is 2.89. The summed E-state index contributed by atoms with van der Waals surface area (Å²) in [6.07, 6.45) is 6.59. The number of hydrogen-bond donors (Lipinski definition) is 0. The molecule has 0 aliphatic heterocycles. The van der Waals surface area contributed by atoms with E-state index in [0.29, 0.717) is 6.61 Å². The topological polar surface area (TPSA) is 26.3 Å². The van der Waals surface area contributed by atoms with Crippen LogP contribution in [0, 0.1) is 11.6 Å². The highest BCUT2D eigenvalue weighted by Crippen LogP contribution is 2.10. The molecule has 0 saturated heterocycles. The van der Waals surface area contributed by atoms with E-state index in [1.54, 1.807) is 0 Å². The van der Waals surface area contributed by atoms with Gasteiger partial charge in [0.25, 0.3) is 0 Å². The average Bonchev–Trinajstić information content (AvgIpc) is 2.40. The molecule has 0 heterocycles. The second kappa shape index (κ2) is 8.62. The zero-order valence-electron chi connectivity index (χ0n) is 11.3. The molecule has 0 bridgehead atoms. The van der Waals surface area contributed by atoms with E-state index in [-0.39, 0.29) is 5.56 Å². The number of halogens is 2. The van der Waals surface area contributed by atoms with Crippen LogP contribution in [0.2, 0.25) is 0 Å². The molecular weight excluding hydrogens is 250 g/mol. The fourth-order valence-corrected chi connectivity index (χ4v) is 1.75. The molecule has 1 aromatic rings. The molecule has 0 atom stereocenters. The van der Waals surface area contributed by atoms with E-state index in [9.17, 15) is 13.6 Å². The van der Waals surface area contributed by atoms with Crippen LogP contribution in [0.1, 0.15) is 55.8 Å². The molecule has 0 saturated carbocycles. The van der Waals surface area contributed by atoms with Crippen LogP contribution in [0.15, 0.2) is 18.2 Å². The summed E-state index contributed by atoms with van der Waals surface area (Å²) in [5, 5.41) is 0. The smallest absolute Gasteiger partial charge is 0.338 e. The van der Waals surface area contributed by atoms with Crippen LogP contribution < -0.4 is 0 Å². The van der Waals surface area contributed by atoms with Crippen molar-refractivity contribution in [2.75, 3.05) is 6.61 Å². The molecule has 106 valence electrons. The van der Waals surface area contributed by atoms with Crippen LogP contribution >= 0.6 is 0 Å². The number of unbranched alkanes of at least 4 members (excludes halogenated alkanes) is 5. The predicted molar refractivity (Wildman–Crippen MR) is 70.0 cm³/mol. The second-order valence-corrected chi connectivity index (χ2v) is 4.53. The molecule has 0 amide bonds. The molecule has 0 unspecified atom stereocenters. The molecular formula is C15H20F2O2. The van der Waals surface area contributed by atoms with Crippen molar-refractivity contribution in [3.8, 4) is 0 Å². The highest BCUT2D eigenvalue weighted by atomic mass is 19.2. The predicted octanol–water partition coefficient (Wildman–Crippen LogP) is 4.48. The third kappa shape index (κ3) is 5.81. The normalized spacial score (nSPS) is 10.5. The Morgan fingerprint density at radius 2 is 1.74 bits per heavy atom. The van der Waals surface area contributed by atoms with Crippen LogP contribution in [0.4, 0.5) is 8.78 Å². The Kier molecular flexibility index (Phi) is 7.08. The number of hydrogen-bond acceptors (Lipinski definition) is 2. The summed E-state index contributed by atoms with van der Waals surface area (Å²) in [5.74, 6) is -2.60.